The smallest absolute Gasteiger partial charge is 0.325 e. The third kappa shape index (κ3) is 3.25. The van der Waals surface area contributed by atoms with Gasteiger partial charge in [0.25, 0.3) is 0 Å². The summed E-state index contributed by atoms with van der Waals surface area (Å²) in [7, 11) is 0. The van der Waals surface area contributed by atoms with Crippen LogP contribution in [0.1, 0.15) is 23.6 Å². The Balaban J connectivity index is 1.83. The molecule has 4 atom stereocenters. The zero-order valence-electron chi connectivity index (χ0n) is 16.6. The first-order chi connectivity index (χ1) is 15.2. The van der Waals surface area contributed by atoms with E-state index >= 15 is 0 Å². The molecular weight excluding hydrogens is 420 g/mol. The van der Waals surface area contributed by atoms with Crippen LogP contribution in [0.25, 0.3) is 0 Å². The summed E-state index contributed by atoms with van der Waals surface area (Å²) in [5.41, 5.74) is -1.54. The second kappa shape index (κ2) is 7.65. The molecule has 10 nitrogen and oxygen atoms in total. The van der Waals surface area contributed by atoms with Gasteiger partial charge in [0, 0.05) is 17.7 Å². The number of carboxylic acid groups (broad SMARTS) is 2. The fourth-order valence-corrected chi connectivity index (χ4v) is 4.72. The number of carbonyl (C=O) groups excluding carboxylic acids is 2. The van der Waals surface area contributed by atoms with Gasteiger partial charge in [-0.2, -0.15) is 0 Å². The number of amides is 2. The molecule has 2 heterocycles. The van der Waals surface area contributed by atoms with Crippen LogP contribution in [0, 0.1) is 11.8 Å². The van der Waals surface area contributed by atoms with Crippen LogP contribution in [0.5, 0.6) is 11.5 Å². The normalized spacial score (nSPS) is 26.9. The Hall–Kier alpha value is -3.92. The van der Waals surface area contributed by atoms with E-state index < -0.39 is 59.3 Å². The van der Waals surface area contributed by atoms with Gasteiger partial charge in [-0.3, -0.25) is 29.4 Å². The lowest BCUT2D eigenvalue weighted by atomic mass is 9.77. The van der Waals surface area contributed by atoms with E-state index in [0.717, 1.165) is 11.0 Å². The Morgan fingerprint density at radius 2 is 1.69 bits per heavy atom. The summed E-state index contributed by atoms with van der Waals surface area (Å²) in [6, 6.07) is 11.0. The van der Waals surface area contributed by atoms with Gasteiger partial charge >= 0.3 is 11.9 Å². The van der Waals surface area contributed by atoms with E-state index in [0.29, 0.717) is 5.56 Å². The van der Waals surface area contributed by atoms with Crippen molar-refractivity contribution in [2.45, 2.75) is 24.5 Å². The van der Waals surface area contributed by atoms with Crippen LogP contribution in [0.2, 0.25) is 0 Å². The van der Waals surface area contributed by atoms with Crippen LogP contribution >= 0.6 is 0 Å². The maximum Gasteiger partial charge on any atom is 0.325 e. The number of carbonyl (C=O) groups is 4. The van der Waals surface area contributed by atoms with Gasteiger partial charge < -0.3 is 20.4 Å². The molecule has 10 heteroatoms. The van der Waals surface area contributed by atoms with E-state index in [-0.39, 0.29) is 17.9 Å². The molecule has 0 bridgehead atoms. The summed E-state index contributed by atoms with van der Waals surface area (Å²) in [4.78, 5) is 51.5. The van der Waals surface area contributed by atoms with Gasteiger partial charge in [-0.15, -0.1) is 0 Å². The third-order valence-corrected chi connectivity index (χ3v) is 6.09. The SMILES string of the molecule is O=C(O)CC1(C(=O)O)NC(c2ccc(O)cc2O)C2C(=O)N(Cc3ccccc3)C(=O)C21. The lowest BCUT2D eigenvalue weighted by molar-refractivity contribution is -0.156. The van der Waals surface area contributed by atoms with E-state index in [1.54, 1.807) is 30.3 Å². The van der Waals surface area contributed by atoms with Gasteiger partial charge in [-0.05, 0) is 11.6 Å². The molecular formula is C22H20N2O8. The molecule has 0 spiro atoms. The number of aliphatic carboxylic acids is 2. The van der Waals surface area contributed by atoms with Crippen molar-refractivity contribution in [3.8, 4) is 11.5 Å². The first-order valence-corrected chi connectivity index (χ1v) is 9.79. The molecule has 5 N–H and O–H groups in total. The maximum atomic E-state index is 13.4. The van der Waals surface area contributed by atoms with E-state index in [2.05, 4.69) is 5.32 Å². The lowest BCUT2D eigenvalue weighted by Gasteiger charge is -2.29. The number of hydrogen-bond acceptors (Lipinski definition) is 7. The number of rotatable bonds is 6. The molecule has 0 aliphatic carbocycles. The number of nitrogens with one attached hydrogen (secondary N) is 1. The number of phenols is 2. The molecule has 2 amide bonds. The Bertz CT molecular complexity index is 1120. The Morgan fingerprint density at radius 1 is 1.00 bits per heavy atom. The predicted octanol–water partition coefficient (Wildman–Crippen LogP) is 0.842. The van der Waals surface area contributed by atoms with Crippen molar-refractivity contribution in [3.63, 3.8) is 0 Å². The van der Waals surface area contributed by atoms with Gasteiger partial charge in [0.2, 0.25) is 11.8 Å². The standard InChI is InChI=1S/C22H20N2O8/c25-12-6-7-13(14(26)8-12)18-16-17(22(23-18,21(31)32)9-15(27)28)20(30)24(19(16)29)10-11-4-2-1-3-5-11/h1-8,16-18,23,25-26H,9-10H2,(H,27,28)(H,31,32). The number of likely N-dealkylation sites (tertiary alicyclic amines) is 1. The number of carboxylic acids is 2. The van der Waals surface area contributed by atoms with Gasteiger partial charge in [-0.25, -0.2) is 0 Å². The van der Waals surface area contributed by atoms with Crippen LogP contribution < -0.4 is 5.32 Å². The molecule has 2 fully saturated rings. The highest BCUT2D eigenvalue weighted by atomic mass is 16.4. The highest BCUT2D eigenvalue weighted by Crippen LogP contribution is 2.51. The van der Waals surface area contributed by atoms with Crippen LogP contribution in [-0.4, -0.2) is 54.6 Å². The Labute approximate surface area is 181 Å². The van der Waals surface area contributed by atoms with E-state index in [1.165, 1.54) is 12.1 Å². The molecule has 166 valence electrons. The molecule has 0 radical (unpaired) electrons. The molecule has 2 aliphatic heterocycles. The maximum absolute atomic E-state index is 13.4. The fraction of sp³-hybridized carbons (Fsp3) is 0.273. The predicted molar refractivity (Wildman–Crippen MR) is 107 cm³/mol. The minimum absolute atomic E-state index is 0.0778. The molecule has 4 rings (SSSR count). The zero-order chi connectivity index (χ0) is 23.2. The van der Waals surface area contributed by atoms with Crippen LogP contribution in [0.15, 0.2) is 48.5 Å². The van der Waals surface area contributed by atoms with E-state index in [1.807, 2.05) is 0 Å². The summed E-state index contributed by atoms with van der Waals surface area (Å²) >= 11 is 0. The number of nitrogens with zero attached hydrogens (tertiary/aromatic N) is 1. The quantitative estimate of drug-likeness (QED) is 0.409. The average molecular weight is 440 g/mol. The number of phenolic OH excluding ortho intramolecular Hbond substituents is 2. The molecule has 0 aromatic heterocycles. The van der Waals surface area contributed by atoms with E-state index in [9.17, 15) is 39.6 Å². The van der Waals surface area contributed by atoms with Gasteiger partial charge in [0.05, 0.1) is 24.8 Å². The second-order valence-electron chi connectivity index (χ2n) is 7.96. The molecule has 2 aromatic rings. The van der Waals surface area contributed by atoms with Crippen molar-refractivity contribution < 1.29 is 39.6 Å². The first kappa shape index (κ1) is 21.3. The average Bonchev–Trinajstić information content (AvgIpc) is 3.18. The summed E-state index contributed by atoms with van der Waals surface area (Å²) < 4.78 is 0. The van der Waals surface area contributed by atoms with Crippen molar-refractivity contribution in [3.05, 3.63) is 59.7 Å². The molecule has 2 aromatic carbocycles. The minimum Gasteiger partial charge on any atom is -0.508 e. The third-order valence-electron chi connectivity index (χ3n) is 6.09. The number of benzene rings is 2. The van der Waals surface area contributed by atoms with Crippen molar-refractivity contribution in [1.82, 2.24) is 10.2 Å². The largest absolute Gasteiger partial charge is 0.508 e. The monoisotopic (exact) mass is 440 g/mol. The molecule has 4 unspecified atom stereocenters. The Kier molecular flexibility index (Phi) is 5.09. The molecule has 32 heavy (non-hydrogen) atoms. The highest BCUT2D eigenvalue weighted by molar-refractivity contribution is 6.10. The number of hydrogen-bond donors (Lipinski definition) is 5. The molecule has 0 saturated carbocycles. The van der Waals surface area contributed by atoms with Crippen LogP contribution in [-0.2, 0) is 25.7 Å². The zero-order valence-corrected chi connectivity index (χ0v) is 16.6. The number of aromatic hydroxyl groups is 2. The summed E-state index contributed by atoms with van der Waals surface area (Å²) in [5, 5.41) is 42.0. The lowest BCUT2D eigenvalue weighted by Crippen LogP contribution is -2.56. The minimum atomic E-state index is -2.26. The number of fused-ring (bicyclic) bond motifs is 1. The fourth-order valence-electron chi connectivity index (χ4n) is 4.72. The van der Waals surface area contributed by atoms with Gasteiger partial charge in [-0.1, -0.05) is 36.4 Å². The van der Waals surface area contributed by atoms with Crippen molar-refractivity contribution in [2.75, 3.05) is 0 Å². The molecule has 2 aliphatic rings. The summed E-state index contributed by atoms with van der Waals surface area (Å²) in [6.07, 6.45) is -0.947. The second-order valence-corrected chi connectivity index (χ2v) is 7.96. The molecule has 2 saturated heterocycles. The van der Waals surface area contributed by atoms with Crippen molar-refractivity contribution >= 4 is 23.8 Å². The topological polar surface area (TPSA) is 164 Å². The van der Waals surface area contributed by atoms with Crippen LogP contribution in [0.3, 0.4) is 0 Å². The summed E-state index contributed by atoms with van der Waals surface area (Å²) in [6.45, 7) is -0.0947. The van der Waals surface area contributed by atoms with Crippen molar-refractivity contribution in [2.24, 2.45) is 11.8 Å². The highest BCUT2D eigenvalue weighted by Gasteiger charge is 2.69. The van der Waals surface area contributed by atoms with Gasteiger partial charge in [0.1, 0.15) is 17.0 Å². The van der Waals surface area contributed by atoms with Gasteiger partial charge in [0.15, 0.2) is 0 Å². The van der Waals surface area contributed by atoms with Crippen molar-refractivity contribution in [1.29, 1.82) is 0 Å². The Morgan fingerprint density at radius 3 is 2.28 bits per heavy atom. The number of imide groups is 1. The first-order valence-electron chi connectivity index (χ1n) is 9.79. The van der Waals surface area contributed by atoms with Crippen LogP contribution in [0.4, 0.5) is 0 Å². The van der Waals surface area contributed by atoms with E-state index in [4.69, 9.17) is 0 Å². The summed E-state index contributed by atoms with van der Waals surface area (Å²) in [5.74, 6) is -7.92.